The van der Waals surface area contributed by atoms with Gasteiger partial charge in [-0.3, -0.25) is 0 Å². The fraction of sp³-hybridized carbons (Fsp3) is 0.381. The summed E-state index contributed by atoms with van der Waals surface area (Å²) >= 11 is 0. The molecule has 1 aromatic heterocycles. The van der Waals surface area contributed by atoms with E-state index >= 15 is 0 Å². The number of para-hydroxylation sites is 1. The summed E-state index contributed by atoms with van der Waals surface area (Å²) < 4.78 is 5.87. The minimum atomic E-state index is 1.00. The lowest BCUT2D eigenvalue weighted by Gasteiger charge is -1.94. The molecule has 0 radical (unpaired) electrons. The molecular weight excluding hydrogens is 282 g/mol. The third kappa shape index (κ3) is 6.27. The molecule has 0 amide bonds. The van der Waals surface area contributed by atoms with Gasteiger partial charge >= 0.3 is 0 Å². The quantitative estimate of drug-likeness (QED) is 0.608. The zero-order chi connectivity index (χ0) is 17.7. The predicted octanol–water partition coefficient (Wildman–Crippen LogP) is 6.97. The number of hydrogen-bond donors (Lipinski definition) is 1. The van der Waals surface area contributed by atoms with E-state index in [9.17, 15) is 0 Å². The molecule has 1 heterocycles. The van der Waals surface area contributed by atoms with Crippen molar-refractivity contribution in [2.45, 2.75) is 54.4 Å². The maximum atomic E-state index is 6.49. The average Bonchev–Trinajstić information content (AvgIpc) is 2.94. The molecule has 1 N–H and O–H groups in total. The van der Waals surface area contributed by atoms with E-state index in [0.717, 1.165) is 24.2 Å². The minimum Gasteiger partial charge on any atom is -0.456 e. The van der Waals surface area contributed by atoms with Crippen molar-refractivity contribution in [1.29, 1.82) is 5.41 Å². The first-order valence-electron chi connectivity index (χ1n) is 8.48. The Labute approximate surface area is 141 Å². The SMILES string of the molecule is C/C=C\c1oc2c(C)cccc2c1CC.CC.CC/C=C\C=N. The van der Waals surface area contributed by atoms with Crippen LogP contribution in [0.15, 0.2) is 40.8 Å². The number of aryl methyl sites for hydroxylation is 2. The average molecular weight is 313 g/mol. The lowest BCUT2D eigenvalue weighted by Crippen LogP contribution is -1.80. The molecule has 2 aromatic rings. The third-order valence-corrected chi connectivity index (χ3v) is 3.19. The summed E-state index contributed by atoms with van der Waals surface area (Å²) in [6, 6.07) is 6.31. The van der Waals surface area contributed by atoms with Crippen LogP contribution in [0.25, 0.3) is 17.0 Å². The van der Waals surface area contributed by atoms with Gasteiger partial charge in [0.2, 0.25) is 0 Å². The van der Waals surface area contributed by atoms with E-state index in [2.05, 4.69) is 32.0 Å². The minimum absolute atomic E-state index is 1.00. The number of allylic oxidation sites excluding steroid dienone is 3. The van der Waals surface area contributed by atoms with Crippen molar-refractivity contribution in [3.8, 4) is 0 Å². The van der Waals surface area contributed by atoms with Gasteiger partial charge in [-0.15, -0.1) is 0 Å². The molecule has 0 saturated carbocycles. The van der Waals surface area contributed by atoms with E-state index < -0.39 is 0 Å². The zero-order valence-electron chi connectivity index (χ0n) is 15.4. The first-order valence-corrected chi connectivity index (χ1v) is 8.48. The van der Waals surface area contributed by atoms with Crippen LogP contribution in [-0.2, 0) is 6.42 Å². The van der Waals surface area contributed by atoms with Gasteiger partial charge in [-0.2, -0.15) is 0 Å². The van der Waals surface area contributed by atoms with Crippen molar-refractivity contribution >= 4 is 23.3 Å². The largest absolute Gasteiger partial charge is 0.456 e. The Kier molecular flexibility index (Phi) is 11.3. The molecule has 2 heteroatoms. The molecule has 2 rings (SSSR count). The van der Waals surface area contributed by atoms with Crippen LogP contribution in [0.1, 0.15) is 57.9 Å². The Morgan fingerprint density at radius 3 is 2.35 bits per heavy atom. The molecule has 126 valence electrons. The standard InChI is InChI=1S/C14H16O.C5H9N.C2H6/c1-4-7-13-11(5-2)12-9-6-8-10(3)14(12)15-13;1-2-3-4-5-6;1-2/h4,6-9H,5H2,1-3H3;3-6H,2H2,1H3;1-2H3/b7-4-;4-3-,6-5?;. The zero-order valence-corrected chi connectivity index (χ0v) is 15.4. The number of fused-ring (bicyclic) bond motifs is 1. The van der Waals surface area contributed by atoms with Crippen molar-refractivity contribution in [1.82, 2.24) is 0 Å². The maximum absolute atomic E-state index is 6.49. The van der Waals surface area contributed by atoms with Crippen LogP contribution >= 0.6 is 0 Å². The van der Waals surface area contributed by atoms with Crippen LogP contribution in [0.4, 0.5) is 0 Å². The normalized spacial score (nSPS) is 10.3. The molecule has 0 atom stereocenters. The summed E-state index contributed by atoms with van der Waals surface area (Å²) in [6.45, 7) is 12.3. The third-order valence-electron chi connectivity index (χ3n) is 3.19. The summed E-state index contributed by atoms with van der Waals surface area (Å²) in [4.78, 5) is 0. The van der Waals surface area contributed by atoms with Crippen LogP contribution in [0.2, 0.25) is 0 Å². The first kappa shape index (κ1) is 20.9. The molecule has 0 aliphatic carbocycles. The Morgan fingerprint density at radius 2 is 1.87 bits per heavy atom. The second kappa shape index (κ2) is 12.5. The Hall–Kier alpha value is -2.09. The fourth-order valence-corrected chi connectivity index (χ4v) is 2.18. The number of furan rings is 1. The summed E-state index contributed by atoms with van der Waals surface area (Å²) in [5.74, 6) is 1.00. The van der Waals surface area contributed by atoms with Crippen molar-refractivity contribution in [2.24, 2.45) is 0 Å². The van der Waals surface area contributed by atoms with Gasteiger partial charge < -0.3 is 9.83 Å². The van der Waals surface area contributed by atoms with E-state index in [4.69, 9.17) is 9.83 Å². The van der Waals surface area contributed by atoms with Gasteiger partial charge in [0.1, 0.15) is 11.3 Å². The van der Waals surface area contributed by atoms with Gasteiger partial charge in [-0.25, -0.2) is 0 Å². The topological polar surface area (TPSA) is 37.0 Å². The van der Waals surface area contributed by atoms with E-state index in [1.54, 1.807) is 6.08 Å². The summed E-state index contributed by atoms with van der Waals surface area (Å²) in [6.07, 6.45) is 11.0. The highest BCUT2D eigenvalue weighted by atomic mass is 16.3. The van der Waals surface area contributed by atoms with E-state index in [1.165, 1.54) is 22.7 Å². The molecule has 0 spiro atoms. The van der Waals surface area contributed by atoms with Crippen LogP contribution in [-0.4, -0.2) is 6.21 Å². The molecule has 0 aliphatic rings. The number of benzene rings is 1. The van der Waals surface area contributed by atoms with Crippen LogP contribution in [0, 0.1) is 12.3 Å². The van der Waals surface area contributed by atoms with Gasteiger partial charge in [0, 0.05) is 17.2 Å². The molecule has 0 fully saturated rings. The van der Waals surface area contributed by atoms with Crippen molar-refractivity contribution in [3.05, 3.63) is 53.3 Å². The molecule has 23 heavy (non-hydrogen) atoms. The van der Waals surface area contributed by atoms with Gasteiger partial charge in [0.15, 0.2) is 0 Å². The molecule has 0 unspecified atom stereocenters. The lowest BCUT2D eigenvalue weighted by molar-refractivity contribution is 0.596. The second-order valence-corrected chi connectivity index (χ2v) is 4.75. The first-order chi connectivity index (χ1) is 11.2. The van der Waals surface area contributed by atoms with Crippen molar-refractivity contribution < 1.29 is 4.42 Å². The van der Waals surface area contributed by atoms with Crippen molar-refractivity contribution in [2.75, 3.05) is 0 Å². The Bertz CT molecular complexity index is 633. The fourth-order valence-electron chi connectivity index (χ4n) is 2.18. The molecule has 0 bridgehead atoms. The van der Waals surface area contributed by atoms with Gasteiger partial charge in [-0.05, 0) is 44.4 Å². The van der Waals surface area contributed by atoms with Gasteiger partial charge in [0.25, 0.3) is 0 Å². The highest BCUT2D eigenvalue weighted by Crippen LogP contribution is 2.29. The van der Waals surface area contributed by atoms with E-state index in [1.807, 2.05) is 45.9 Å². The molecule has 0 aliphatic heterocycles. The highest BCUT2D eigenvalue weighted by Gasteiger charge is 2.11. The Balaban J connectivity index is 0.000000515. The smallest absolute Gasteiger partial charge is 0.137 e. The van der Waals surface area contributed by atoms with Gasteiger partial charge in [0.05, 0.1) is 0 Å². The number of rotatable bonds is 4. The number of nitrogens with one attached hydrogen (secondary N) is 1. The number of hydrogen-bond acceptors (Lipinski definition) is 2. The van der Waals surface area contributed by atoms with Gasteiger partial charge in [-0.1, -0.05) is 58.0 Å². The lowest BCUT2D eigenvalue weighted by atomic mass is 10.1. The summed E-state index contributed by atoms with van der Waals surface area (Å²) in [7, 11) is 0. The highest BCUT2D eigenvalue weighted by molar-refractivity contribution is 5.86. The predicted molar refractivity (Wildman–Crippen MR) is 105 cm³/mol. The second-order valence-electron chi connectivity index (χ2n) is 4.75. The van der Waals surface area contributed by atoms with Crippen molar-refractivity contribution in [3.63, 3.8) is 0 Å². The molecule has 1 aromatic carbocycles. The molecule has 0 saturated heterocycles. The maximum Gasteiger partial charge on any atom is 0.137 e. The summed E-state index contributed by atoms with van der Waals surface area (Å²) in [5, 5.41) is 7.75. The summed E-state index contributed by atoms with van der Waals surface area (Å²) in [5.41, 5.74) is 3.55. The van der Waals surface area contributed by atoms with Crippen LogP contribution < -0.4 is 0 Å². The van der Waals surface area contributed by atoms with Crippen LogP contribution in [0.3, 0.4) is 0 Å². The van der Waals surface area contributed by atoms with E-state index in [0.29, 0.717) is 0 Å². The molecule has 2 nitrogen and oxygen atoms in total. The Morgan fingerprint density at radius 1 is 1.17 bits per heavy atom. The van der Waals surface area contributed by atoms with E-state index in [-0.39, 0.29) is 0 Å². The molecular formula is C21H31NO. The van der Waals surface area contributed by atoms with Crippen LogP contribution in [0.5, 0.6) is 0 Å². The monoisotopic (exact) mass is 313 g/mol.